The lowest BCUT2D eigenvalue weighted by atomic mass is 10.4. The minimum absolute atomic E-state index is 0.0708. The first-order chi connectivity index (χ1) is 8.24. The molecule has 1 aromatic heterocycles. The van der Waals surface area contributed by atoms with Crippen molar-refractivity contribution in [3.8, 4) is 5.75 Å². The number of aliphatic hydroxyl groups is 1. The second kappa shape index (κ2) is 6.90. The summed E-state index contributed by atoms with van der Waals surface area (Å²) in [5.41, 5.74) is 0. The number of likely N-dealkylation sites (N-methyl/N-ethyl adjacent to an activating group) is 1. The highest BCUT2D eigenvalue weighted by Crippen LogP contribution is 2.30. The van der Waals surface area contributed by atoms with Gasteiger partial charge in [-0.05, 0) is 6.42 Å². The predicted octanol–water partition coefficient (Wildman–Crippen LogP) is 0.736. The van der Waals surface area contributed by atoms with E-state index in [0.717, 1.165) is 13.0 Å². The molecule has 0 fully saturated rings. The Labute approximate surface area is 102 Å². The van der Waals surface area contributed by atoms with Gasteiger partial charge in [-0.1, -0.05) is 6.92 Å². The molecule has 96 valence electrons. The molecule has 6 heteroatoms. The lowest BCUT2D eigenvalue weighted by Crippen LogP contribution is -2.23. The smallest absolute Gasteiger partial charge is 0.204 e. The van der Waals surface area contributed by atoms with E-state index in [1.165, 1.54) is 6.33 Å². The molecule has 1 heterocycles. The number of rotatable bonds is 7. The fourth-order valence-electron chi connectivity index (χ4n) is 1.45. The third-order valence-corrected chi connectivity index (χ3v) is 2.33. The van der Waals surface area contributed by atoms with Crippen LogP contribution < -0.4 is 15.0 Å². The lowest BCUT2D eigenvalue weighted by molar-refractivity contribution is 0.303. The third kappa shape index (κ3) is 3.45. The normalized spacial score (nSPS) is 10.1. The molecule has 17 heavy (non-hydrogen) atoms. The standard InChI is InChI=1S/C11H20N4O2/c1-4-5-12-10-9(17-3)11(14-8-13-10)15(2)6-7-16/h8,16H,4-7H2,1-3H3,(H,12,13,14). The summed E-state index contributed by atoms with van der Waals surface area (Å²) in [6.07, 6.45) is 2.50. The summed E-state index contributed by atoms with van der Waals surface area (Å²) >= 11 is 0. The van der Waals surface area contributed by atoms with Crippen LogP contribution in [0.2, 0.25) is 0 Å². The summed E-state index contributed by atoms with van der Waals surface area (Å²) in [6, 6.07) is 0. The minimum Gasteiger partial charge on any atom is -0.490 e. The number of aromatic nitrogens is 2. The highest BCUT2D eigenvalue weighted by Gasteiger charge is 2.14. The van der Waals surface area contributed by atoms with Gasteiger partial charge in [-0.25, -0.2) is 9.97 Å². The lowest BCUT2D eigenvalue weighted by Gasteiger charge is -2.20. The number of aliphatic hydroxyl groups excluding tert-OH is 1. The van der Waals surface area contributed by atoms with E-state index in [0.29, 0.717) is 23.9 Å². The van der Waals surface area contributed by atoms with Gasteiger partial charge in [-0.2, -0.15) is 0 Å². The summed E-state index contributed by atoms with van der Waals surface area (Å²) in [7, 11) is 3.44. The van der Waals surface area contributed by atoms with Crippen molar-refractivity contribution in [2.24, 2.45) is 0 Å². The molecular formula is C11H20N4O2. The monoisotopic (exact) mass is 240 g/mol. The van der Waals surface area contributed by atoms with E-state index >= 15 is 0 Å². The van der Waals surface area contributed by atoms with Crippen LogP contribution >= 0.6 is 0 Å². The zero-order chi connectivity index (χ0) is 12.7. The maximum absolute atomic E-state index is 8.93. The molecule has 0 aliphatic rings. The van der Waals surface area contributed by atoms with Crippen molar-refractivity contribution in [3.05, 3.63) is 6.33 Å². The first kappa shape index (κ1) is 13.5. The van der Waals surface area contributed by atoms with Crippen molar-refractivity contribution in [2.75, 3.05) is 44.1 Å². The van der Waals surface area contributed by atoms with Crippen molar-refractivity contribution in [1.82, 2.24) is 9.97 Å². The van der Waals surface area contributed by atoms with Crippen LogP contribution in [0.1, 0.15) is 13.3 Å². The Balaban J connectivity index is 2.96. The number of nitrogens with zero attached hydrogens (tertiary/aromatic N) is 3. The maximum atomic E-state index is 8.93. The van der Waals surface area contributed by atoms with Crippen LogP contribution in [-0.4, -0.2) is 48.9 Å². The largest absolute Gasteiger partial charge is 0.490 e. The van der Waals surface area contributed by atoms with Gasteiger partial charge < -0.3 is 20.1 Å². The average Bonchev–Trinajstić information content (AvgIpc) is 2.36. The molecule has 1 rings (SSSR count). The van der Waals surface area contributed by atoms with E-state index in [1.54, 1.807) is 7.11 Å². The molecule has 0 aliphatic heterocycles. The van der Waals surface area contributed by atoms with Crippen molar-refractivity contribution >= 4 is 11.6 Å². The van der Waals surface area contributed by atoms with Crippen molar-refractivity contribution in [2.45, 2.75) is 13.3 Å². The Morgan fingerprint density at radius 3 is 2.82 bits per heavy atom. The summed E-state index contributed by atoms with van der Waals surface area (Å²) < 4.78 is 5.33. The first-order valence-electron chi connectivity index (χ1n) is 5.69. The molecule has 0 atom stereocenters. The number of anilines is 2. The van der Waals surface area contributed by atoms with E-state index in [1.807, 2.05) is 11.9 Å². The summed E-state index contributed by atoms with van der Waals surface area (Å²) in [5.74, 6) is 1.97. The molecule has 0 saturated carbocycles. The number of methoxy groups -OCH3 is 1. The molecule has 0 aliphatic carbocycles. The Morgan fingerprint density at radius 2 is 2.24 bits per heavy atom. The highest BCUT2D eigenvalue weighted by atomic mass is 16.5. The van der Waals surface area contributed by atoms with Crippen LogP contribution in [-0.2, 0) is 0 Å². The average molecular weight is 240 g/mol. The first-order valence-corrected chi connectivity index (χ1v) is 5.69. The predicted molar refractivity (Wildman–Crippen MR) is 67.7 cm³/mol. The Kier molecular flexibility index (Phi) is 5.48. The quantitative estimate of drug-likeness (QED) is 0.732. The van der Waals surface area contributed by atoms with E-state index in [4.69, 9.17) is 9.84 Å². The van der Waals surface area contributed by atoms with Crippen LogP contribution in [0.15, 0.2) is 6.33 Å². The molecule has 0 radical (unpaired) electrons. The van der Waals surface area contributed by atoms with Crippen LogP contribution in [0.3, 0.4) is 0 Å². The van der Waals surface area contributed by atoms with Gasteiger partial charge in [0.1, 0.15) is 6.33 Å². The number of hydrogen-bond donors (Lipinski definition) is 2. The zero-order valence-corrected chi connectivity index (χ0v) is 10.6. The molecule has 0 spiro atoms. The Bertz CT molecular complexity index is 346. The van der Waals surface area contributed by atoms with E-state index in [2.05, 4.69) is 22.2 Å². The van der Waals surface area contributed by atoms with Crippen molar-refractivity contribution in [3.63, 3.8) is 0 Å². The third-order valence-electron chi connectivity index (χ3n) is 2.33. The fourth-order valence-corrected chi connectivity index (χ4v) is 1.45. The van der Waals surface area contributed by atoms with Gasteiger partial charge in [0.15, 0.2) is 11.6 Å². The number of nitrogens with one attached hydrogen (secondary N) is 1. The summed E-state index contributed by atoms with van der Waals surface area (Å²) in [5, 5.41) is 12.1. The van der Waals surface area contributed by atoms with E-state index in [9.17, 15) is 0 Å². The zero-order valence-electron chi connectivity index (χ0n) is 10.6. The molecule has 6 nitrogen and oxygen atoms in total. The highest BCUT2D eigenvalue weighted by molar-refractivity contribution is 5.64. The van der Waals surface area contributed by atoms with Crippen LogP contribution in [0.5, 0.6) is 5.75 Å². The van der Waals surface area contributed by atoms with E-state index < -0.39 is 0 Å². The fraction of sp³-hybridized carbons (Fsp3) is 0.636. The van der Waals surface area contributed by atoms with Gasteiger partial charge in [0.2, 0.25) is 5.75 Å². The second-order valence-corrected chi connectivity index (χ2v) is 3.65. The molecular weight excluding hydrogens is 220 g/mol. The molecule has 2 N–H and O–H groups in total. The molecule has 0 aromatic carbocycles. The number of ether oxygens (including phenoxy) is 1. The van der Waals surface area contributed by atoms with Crippen molar-refractivity contribution in [1.29, 1.82) is 0 Å². The number of hydrogen-bond acceptors (Lipinski definition) is 6. The molecule has 1 aromatic rings. The van der Waals surface area contributed by atoms with Crippen LogP contribution in [0.25, 0.3) is 0 Å². The van der Waals surface area contributed by atoms with Crippen molar-refractivity contribution < 1.29 is 9.84 Å². The molecule has 0 saturated heterocycles. The van der Waals surface area contributed by atoms with E-state index in [-0.39, 0.29) is 6.61 Å². The molecule has 0 unspecified atom stereocenters. The SMILES string of the molecule is CCCNc1ncnc(N(C)CCO)c1OC. The Morgan fingerprint density at radius 1 is 1.47 bits per heavy atom. The Hall–Kier alpha value is -1.56. The maximum Gasteiger partial charge on any atom is 0.204 e. The van der Waals surface area contributed by atoms with Gasteiger partial charge in [-0.15, -0.1) is 0 Å². The van der Waals surface area contributed by atoms with Gasteiger partial charge >= 0.3 is 0 Å². The van der Waals surface area contributed by atoms with Gasteiger partial charge in [0, 0.05) is 20.1 Å². The van der Waals surface area contributed by atoms with Gasteiger partial charge in [-0.3, -0.25) is 0 Å². The second-order valence-electron chi connectivity index (χ2n) is 3.65. The van der Waals surface area contributed by atoms with Gasteiger partial charge in [0.25, 0.3) is 0 Å². The molecule has 0 bridgehead atoms. The minimum atomic E-state index is 0.0708. The van der Waals surface area contributed by atoms with Crippen LogP contribution in [0.4, 0.5) is 11.6 Å². The van der Waals surface area contributed by atoms with Gasteiger partial charge in [0.05, 0.1) is 13.7 Å². The summed E-state index contributed by atoms with van der Waals surface area (Å²) in [6.45, 7) is 3.48. The van der Waals surface area contributed by atoms with Crippen LogP contribution in [0, 0.1) is 0 Å². The molecule has 0 amide bonds. The topological polar surface area (TPSA) is 70.5 Å². The summed E-state index contributed by atoms with van der Waals surface area (Å²) in [4.78, 5) is 10.2.